The molecule has 148 valence electrons. The van der Waals surface area contributed by atoms with Gasteiger partial charge in [-0.3, -0.25) is 0 Å². The number of hydrogen-bond donors (Lipinski definition) is 3. The van der Waals surface area contributed by atoms with E-state index in [9.17, 15) is 13.5 Å². The highest BCUT2D eigenvalue weighted by atomic mass is 32.2. The Labute approximate surface area is 161 Å². The van der Waals surface area contributed by atoms with Gasteiger partial charge in [0.2, 0.25) is 10.0 Å². The number of nitrogens with two attached hydrogens (primary N) is 2. The summed E-state index contributed by atoms with van der Waals surface area (Å²) < 4.78 is 27.4. The van der Waals surface area contributed by atoms with Crippen LogP contribution >= 0.6 is 0 Å². The van der Waals surface area contributed by atoms with Crippen molar-refractivity contribution in [2.45, 2.75) is 37.3 Å². The van der Waals surface area contributed by atoms with E-state index < -0.39 is 22.2 Å². The molecule has 2 aromatic carbocycles. The molecule has 0 bridgehead atoms. The maximum Gasteiger partial charge on any atom is 0.243 e. The van der Waals surface area contributed by atoms with E-state index in [1.54, 1.807) is 12.1 Å². The van der Waals surface area contributed by atoms with Gasteiger partial charge >= 0.3 is 0 Å². The van der Waals surface area contributed by atoms with Gasteiger partial charge in [-0.1, -0.05) is 50.2 Å². The molecule has 27 heavy (non-hydrogen) atoms. The normalized spacial score (nSPS) is 14.4. The van der Waals surface area contributed by atoms with Crippen LogP contribution < -0.4 is 11.5 Å². The quantitative estimate of drug-likeness (QED) is 0.565. The van der Waals surface area contributed by atoms with Gasteiger partial charge in [-0.2, -0.15) is 4.31 Å². The molecule has 0 spiro atoms. The average Bonchev–Trinajstić information content (AvgIpc) is 2.61. The molecule has 2 aromatic rings. The van der Waals surface area contributed by atoms with Crippen LogP contribution in [0, 0.1) is 5.92 Å². The van der Waals surface area contributed by atoms with Gasteiger partial charge in [0.1, 0.15) is 0 Å². The minimum Gasteiger partial charge on any atom is -0.399 e. The average molecular weight is 392 g/mol. The summed E-state index contributed by atoms with van der Waals surface area (Å²) in [5.41, 5.74) is 13.3. The number of benzene rings is 2. The zero-order chi connectivity index (χ0) is 20.0. The number of nitrogens with zero attached hydrogens (tertiary/aromatic N) is 1. The Hall–Kier alpha value is -1.93. The molecule has 0 aliphatic carbocycles. The molecule has 2 atom stereocenters. The summed E-state index contributed by atoms with van der Waals surface area (Å²) in [6.45, 7) is 4.08. The first-order chi connectivity index (χ1) is 12.7. The summed E-state index contributed by atoms with van der Waals surface area (Å²) in [6, 6.07) is 15.2. The van der Waals surface area contributed by atoms with Crippen molar-refractivity contribution in [2.24, 2.45) is 11.7 Å². The maximum absolute atomic E-state index is 13.1. The second kappa shape index (κ2) is 9.32. The number of sulfonamides is 1. The Morgan fingerprint density at radius 1 is 1.04 bits per heavy atom. The van der Waals surface area contributed by atoms with Gasteiger partial charge in [0.25, 0.3) is 0 Å². The number of aliphatic hydroxyl groups is 1. The Morgan fingerprint density at radius 3 is 2.30 bits per heavy atom. The monoisotopic (exact) mass is 391 g/mol. The van der Waals surface area contributed by atoms with Crippen LogP contribution in [0.3, 0.4) is 0 Å². The van der Waals surface area contributed by atoms with E-state index in [1.807, 2.05) is 44.2 Å². The van der Waals surface area contributed by atoms with Gasteiger partial charge in [-0.15, -0.1) is 0 Å². The third-order valence-corrected chi connectivity index (χ3v) is 6.09. The zero-order valence-electron chi connectivity index (χ0n) is 15.8. The van der Waals surface area contributed by atoms with E-state index in [4.69, 9.17) is 11.5 Å². The van der Waals surface area contributed by atoms with Crippen LogP contribution in [0.2, 0.25) is 0 Å². The molecule has 7 heteroatoms. The molecule has 0 amide bonds. The number of anilines is 1. The van der Waals surface area contributed by atoms with E-state index in [0.29, 0.717) is 12.1 Å². The first-order valence-corrected chi connectivity index (χ1v) is 10.5. The van der Waals surface area contributed by atoms with Crippen molar-refractivity contribution in [1.82, 2.24) is 4.31 Å². The smallest absolute Gasteiger partial charge is 0.243 e. The van der Waals surface area contributed by atoms with Crippen molar-refractivity contribution in [3.63, 3.8) is 0 Å². The van der Waals surface area contributed by atoms with Gasteiger partial charge in [0.05, 0.1) is 11.0 Å². The minimum absolute atomic E-state index is 0.0662. The molecular weight excluding hydrogens is 362 g/mol. The second-order valence-electron chi connectivity index (χ2n) is 7.21. The molecule has 0 radical (unpaired) electrons. The highest BCUT2D eigenvalue weighted by molar-refractivity contribution is 7.89. The largest absolute Gasteiger partial charge is 0.399 e. The molecule has 5 N–H and O–H groups in total. The molecule has 2 rings (SSSR count). The predicted octanol–water partition coefficient (Wildman–Crippen LogP) is 1.85. The van der Waals surface area contributed by atoms with E-state index >= 15 is 0 Å². The fourth-order valence-corrected chi connectivity index (χ4v) is 4.55. The highest BCUT2D eigenvalue weighted by Gasteiger charge is 2.29. The first-order valence-electron chi connectivity index (χ1n) is 9.03. The Kier molecular flexibility index (Phi) is 7.38. The van der Waals surface area contributed by atoms with Crippen molar-refractivity contribution in [3.05, 3.63) is 60.2 Å². The Bertz CT molecular complexity index is 825. The third kappa shape index (κ3) is 6.04. The maximum atomic E-state index is 13.1. The van der Waals surface area contributed by atoms with Crippen LogP contribution in [0.5, 0.6) is 0 Å². The van der Waals surface area contributed by atoms with Crippen molar-refractivity contribution < 1.29 is 13.5 Å². The highest BCUT2D eigenvalue weighted by Crippen LogP contribution is 2.20. The summed E-state index contributed by atoms with van der Waals surface area (Å²) in [7, 11) is -3.78. The predicted molar refractivity (Wildman–Crippen MR) is 109 cm³/mol. The second-order valence-corrected chi connectivity index (χ2v) is 9.15. The van der Waals surface area contributed by atoms with Crippen LogP contribution in [0.1, 0.15) is 19.4 Å². The van der Waals surface area contributed by atoms with E-state index in [1.165, 1.54) is 16.4 Å². The van der Waals surface area contributed by atoms with Crippen molar-refractivity contribution in [1.29, 1.82) is 0 Å². The van der Waals surface area contributed by atoms with Gasteiger partial charge in [0.15, 0.2) is 0 Å². The fraction of sp³-hybridized carbons (Fsp3) is 0.400. The zero-order valence-corrected chi connectivity index (χ0v) is 16.6. The molecule has 0 aliphatic heterocycles. The molecule has 0 saturated heterocycles. The molecule has 0 fully saturated rings. The van der Waals surface area contributed by atoms with Gasteiger partial charge in [-0.25, -0.2) is 8.42 Å². The molecule has 6 nitrogen and oxygen atoms in total. The molecule has 0 aliphatic rings. The summed E-state index contributed by atoms with van der Waals surface area (Å²) in [5, 5.41) is 10.6. The number of rotatable bonds is 9. The lowest BCUT2D eigenvalue weighted by atomic mass is 10.0. The molecule has 0 saturated carbocycles. The van der Waals surface area contributed by atoms with E-state index in [-0.39, 0.29) is 23.9 Å². The third-order valence-electron chi connectivity index (χ3n) is 4.26. The van der Waals surface area contributed by atoms with Gasteiger partial charge < -0.3 is 16.6 Å². The van der Waals surface area contributed by atoms with Crippen LogP contribution in [-0.4, -0.2) is 43.1 Å². The van der Waals surface area contributed by atoms with E-state index in [0.717, 1.165) is 5.56 Å². The van der Waals surface area contributed by atoms with Crippen molar-refractivity contribution in [2.75, 3.05) is 18.8 Å². The van der Waals surface area contributed by atoms with Gasteiger partial charge in [-0.05, 0) is 36.1 Å². The number of nitrogen functional groups attached to an aromatic ring is 1. The van der Waals surface area contributed by atoms with Crippen molar-refractivity contribution in [3.8, 4) is 0 Å². The number of aliphatic hydroxyl groups excluding tert-OH is 1. The lowest BCUT2D eigenvalue weighted by Crippen LogP contribution is -2.47. The first kappa shape index (κ1) is 21.4. The molecule has 0 aromatic heterocycles. The number of hydrogen-bond acceptors (Lipinski definition) is 5. The molecule has 1 unspecified atom stereocenters. The SMILES string of the molecule is CC(C)CN(CC(O)[C@@H](N)Cc1ccccc1)S(=O)(=O)c1cccc(N)c1. The summed E-state index contributed by atoms with van der Waals surface area (Å²) in [6.07, 6.45) is -0.518. The summed E-state index contributed by atoms with van der Waals surface area (Å²) >= 11 is 0. The summed E-state index contributed by atoms with van der Waals surface area (Å²) in [5.74, 6) is 0.0957. The van der Waals surface area contributed by atoms with Crippen molar-refractivity contribution >= 4 is 15.7 Å². The van der Waals surface area contributed by atoms with Crippen LogP contribution in [-0.2, 0) is 16.4 Å². The Balaban J connectivity index is 2.18. The minimum atomic E-state index is -3.78. The van der Waals surface area contributed by atoms with Crippen LogP contribution in [0.4, 0.5) is 5.69 Å². The standard InChI is InChI=1S/C20H29N3O3S/c1-15(2)13-23(27(25,26)18-10-6-9-17(21)12-18)14-20(24)19(22)11-16-7-4-3-5-8-16/h3-10,12,15,19-20,24H,11,13-14,21-22H2,1-2H3/t19-,20?/m0/s1. The fourth-order valence-electron chi connectivity index (χ4n) is 2.87. The van der Waals surface area contributed by atoms with Gasteiger partial charge in [0, 0.05) is 24.8 Å². The van der Waals surface area contributed by atoms with E-state index in [2.05, 4.69) is 0 Å². The lowest BCUT2D eigenvalue weighted by Gasteiger charge is -2.28. The van der Waals surface area contributed by atoms with Crippen LogP contribution in [0.15, 0.2) is 59.5 Å². The molecule has 0 heterocycles. The lowest BCUT2D eigenvalue weighted by molar-refractivity contribution is 0.116. The topological polar surface area (TPSA) is 110 Å². The summed E-state index contributed by atoms with van der Waals surface area (Å²) in [4.78, 5) is 0.118. The Morgan fingerprint density at radius 2 is 1.70 bits per heavy atom. The molecular formula is C20H29N3O3S. The van der Waals surface area contributed by atoms with Crippen LogP contribution in [0.25, 0.3) is 0 Å².